The van der Waals surface area contributed by atoms with Crippen molar-refractivity contribution >= 4 is 16.8 Å². The molecule has 0 spiro atoms. The van der Waals surface area contributed by atoms with Crippen molar-refractivity contribution in [1.82, 2.24) is 24.8 Å². The number of fused-ring (bicyclic) bond motifs is 2. The number of methoxy groups -OCH3 is 1. The molecule has 1 amide bonds. The zero-order valence-corrected chi connectivity index (χ0v) is 19.6. The van der Waals surface area contributed by atoms with E-state index in [1.165, 1.54) is 0 Å². The summed E-state index contributed by atoms with van der Waals surface area (Å²) in [5, 5.41) is 8.43. The topological polar surface area (TPSA) is 103 Å². The summed E-state index contributed by atoms with van der Waals surface area (Å²) >= 11 is 0. The summed E-state index contributed by atoms with van der Waals surface area (Å²) in [6.45, 7) is 4.65. The van der Waals surface area contributed by atoms with Gasteiger partial charge in [0, 0.05) is 48.9 Å². The molecule has 0 N–H and O–H groups in total. The average Bonchev–Trinajstić information content (AvgIpc) is 3.24. The van der Waals surface area contributed by atoms with Gasteiger partial charge in [-0.15, -0.1) is 0 Å². The van der Waals surface area contributed by atoms with Crippen LogP contribution in [0.4, 0.5) is 0 Å². The molecule has 0 unspecified atom stereocenters. The number of benzene rings is 1. The Morgan fingerprint density at radius 2 is 1.97 bits per heavy atom. The highest BCUT2D eigenvalue weighted by molar-refractivity contribution is 5.98. The fourth-order valence-corrected chi connectivity index (χ4v) is 4.59. The summed E-state index contributed by atoms with van der Waals surface area (Å²) < 4.78 is 11.9. The van der Waals surface area contributed by atoms with Gasteiger partial charge in [0.15, 0.2) is 0 Å². The Morgan fingerprint density at radius 3 is 2.71 bits per heavy atom. The SMILES string of the molecule is COc1ccc(-c2cc3c(n(C)c2=O)CCN(C(=O)Cc2nonc2C)C3)c2ccc(C)nc12. The number of aromatic nitrogens is 4. The van der Waals surface area contributed by atoms with Crippen LogP contribution in [0.2, 0.25) is 0 Å². The number of hydrogen-bond donors (Lipinski definition) is 0. The lowest BCUT2D eigenvalue weighted by molar-refractivity contribution is -0.131. The van der Waals surface area contributed by atoms with Gasteiger partial charge in [-0.05, 0) is 49.2 Å². The molecule has 9 heteroatoms. The van der Waals surface area contributed by atoms with Gasteiger partial charge in [0.05, 0.1) is 13.5 Å². The second kappa shape index (κ2) is 8.40. The van der Waals surface area contributed by atoms with E-state index in [4.69, 9.17) is 9.37 Å². The van der Waals surface area contributed by atoms with Crippen molar-refractivity contribution in [1.29, 1.82) is 0 Å². The standard InChI is InChI=1S/C25H25N5O4/c1-14-5-6-18-17(7-8-22(33-4)24(18)26-14)19-11-16-13-30(10-9-21(16)29(3)25(19)32)23(31)12-20-15(2)27-34-28-20/h5-8,11H,9-10,12-13H2,1-4H3. The molecule has 4 heterocycles. The maximum atomic E-state index is 13.4. The van der Waals surface area contributed by atoms with Crippen LogP contribution in [0.1, 0.15) is 28.3 Å². The van der Waals surface area contributed by atoms with Gasteiger partial charge >= 0.3 is 0 Å². The van der Waals surface area contributed by atoms with Gasteiger partial charge in [0.2, 0.25) is 5.91 Å². The summed E-state index contributed by atoms with van der Waals surface area (Å²) in [6.07, 6.45) is 0.741. The van der Waals surface area contributed by atoms with Crippen LogP contribution in [0.15, 0.2) is 39.8 Å². The van der Waals surface area contributed by atoms with Crippen molar-refractivity contribution < 1.29 is 14.2 Å². The maximum Gasteiger partial charge on any atom is 0.258 e. The second-order valence-electron chi connectivity index (χ2n) is 8.60. The number of ether oxygens (including phenoxy) is 1. The first-order chi connectivity index (χ1) is 16.4. The quantitative estimate of drug-likeness (QED) is 0.462. The van der Waals surface area contributed by atoms with Crippen LogP contribution >= 0.6 is 0 Å². The third-order valence-electron chi connectivity index (χ3n) is 6.50. The zero-order valence-electron chi connectivity index (χ0n) is 19.6. The molecular formula is C25H25N5O4. The first-order valence-corrected chi connectivity index (χ1v) is 11.1. The highest BCUT2D eigenvalue weighted by Gasteiger charge is 2.26. The van der Waals surface area contributed by atoms with Gasteiger partial charge < -0.3 is 14.2 Å². The lowest BCUT2D eigenvalue weighted by Gasteiger charge is -2.30. The summed E-state index contributed by atoms with van der Waals surface area (Å²) in [4.78, 5) is 32.8. The van der Waals surface area contributed by atoms with Crippen molar-refractivity contribution in [3.63, 3.8) is 0 Å². The number of pyridine rings is 2. The van der Waals surface area contributed by atoms with Gasteiger partial charge in [-0.2, -0.15) is 0 Å². The lowest BCUT2D eigenvalue weighted by Crippen LogP contribution is -2.39. The molecule has 9 nitrogen and oxygen atoms in total. The minimum Gasteiger partial charge on any atom is -0.494 e. The molecule has 0 saturated heterocycles. The number of rotatable bonds is 4. The maximum absolute atomic E-state index is 13.4. The highest BCUT2D eigenvalue weighted by Crippen LogP contribution is 2.33. The van der Waals surface area contributed by atoms with Crippen LogP contribution in [-0.2, 0) is 31.2 Å². The van der Waals surface area contributed by atoms with E-state index in [0.29, 0.717) is 47.7 Å². The molecule has 4 aromatic rings. The van der Waals surface area contributed by atoms with Crippen molar-refractivity contribution in [3.8, 4) is 16.9 Å². The molecular weight excluding hydrogens is 434 g/mol. The molecule has 0 bridgehead atoms. The van der Waals surface area contributed by atoms with E-state index < -0.39 is 0 Å². The Kier molecular flexibility index (Phi) is 5.39. The molecule has 0 saturated carbocycles. The Bertz CT molecular complexity index is 1490. The first kappa shape index (κ1) is 21.8. The van der Waals surface area contributed by atoms with Crippen LogP contribution in [0.5, 0.6) is 5.75 Å². The minimum absolute atomic E-state index is 0.0468. The molecule has 1 aliphatic heterocycles. The Hall–Kier alpha value is -4.01. The van der Waals surface area contributed by atoms with Gasteiger partial charge in [-0.3, -0.25) is 9.59 Å². The first-order valence-electron chi connectivity index (χ1n) is 11.1. The van der Waals surface area contributed by atoms with Crippen LogP contribution < -0.4 is 10.3 Å². The molecule has 0 aliphatic carbocycles. The Balaban J connectivity index is 1.56. The van der Waals surface area contributed by atoms with Crippen molar-refractivity contribution in [2.75, 3.05) is 13.7 Å². The molecule has 0 atom stereocenters. The normalized spacial score (nSPS) is 13.2. The van der Waals surface area contributed by atoms with Crippen LogP contribution in [0, 0.1) is 13.8 Å². The number of nitrogens with zero attached hydrogens (tertiary/aromatic N) is 5. The monoisotopic (exact) mass is 459 g/mol. The summed E-state index contributed by atoms with van der Waals surface area (Å²) in [5.41, 5.74) is 5.94. The van der Waals surface area contributed by atoms with Crippen LogP contribution in [-0.4, -0.2) is 44.3 Å². The molecule has 34 heavy (non-hydrogen) atoms. The zero-order chi connectivity index (χ0) is 24.0. The number of hydrogen-bond acceptors (Lipinski definition) is 7. The smallest absolute Gasteiger partial charge is 0.258 e. The van der Waals surface area contributed by atoms with Crippen LogP contribution in [0.25, 0.3) is 22.0 Å². The summed E-state index contributed by atoms with van der Waals surface area (Å²) in [7, 11) is 3.40. The molecule has 0 radical (unpaired) electrons. The highest BCUT2D eigenvalue weighted by atomic mass is 16.6. The largest absolute Gasteiger partial charge is 0.494 e. The van der Waals surface area contributed by atoms with Gasteiger partial charge in [-0.25, -0.2) is 9.61 Å². The number of amides is 1. The molecule has 5 rings (SSSR count). The number of carbonyl (C=O) groups excluding carboxylic acids is 1. The predicted octanol–water partition coefficient (Wildman–Crippen LogP) is 2.74. The van der Waals surface area contributed by atoms with E-state index in [9.17, 15) is 9.59 Å². The molecule has 1 aliphatic rings. The summed E-state index contributed by atoms with van der Waals surface area (Å²) in [6, 6.07) is 9.55. The second-order valence-corrected chi connectivity index (χ2v) is 8.60. The lowest BCUT2D eigenvalue weighted by atomic mass is 9.96. The third-order valence-corrected chi connectivity index (χ3v) is 6.50. The van der Waals surface area contributed by atoms with E-state index in [1.54, 1.807) is 30.5 Å². The van der Waals surface area contributed by atoms with E-state index in [1.807, 2.05) is 37.3 Å². The number of aryl methyl sites for hydroxylation is 2. The van der Waals surface area contributed by atoms with E-state index in [0.717, 1.165) is 27.9 Å². The predicted molar refractivity (Wildman–Crippen MR) is 126 cm³/mol. The van der Waals surface area contributed by atoms with Crippen molar-refractivity contribution in [2.24, 2.45) is 7.05 Å². The summed E-state index contributed by atoms with van der Waals surface area (Å²) in [5.74, 6) is 0.612. The fourth-order valence-electron chi connectivity index (χ4n) is 4.59. The molecule has 1 aromatic carbocycles. The molecule has 174 valence electrons. The fraction of sp³-hybridized carbons (Fsp3) is 0.320. The molecule has 0 fully saturated rings. The Morgan fingerprint density at radius 1 is 1.15 bits per heavy atom. The van der Waals surface area contributed by atoms with Crippen molar-refractivity contribution in [3.05, 3.63) is 69.0 Å². The van der Waals surface area contributed by atoms with Crippen LogP contribution in [0.3, 0.4) is 0 Å². The van der Waals surface area contributed by atoms with E-state index in [2.05, 4.69) is 15.3 Å². The van der Waals surface area contributed by atoms with Gasteiger partial charge in [0.25, 0.3) is 5.56 Å². The van der Waals surface area contributed by atoms with Gasteiger partial charge in [-0.1, -0.05) is 16.4 Å². The third kappa shape index (κ3) is 3.63. The molecule has 3 aromatic heterocycles. The number of carbonyl (C=O) groups is 1. The Labute approximate surface area is 195 Å². The van der Waals surface area contributed by atoms with Gasteiger partial charge in [0.1, 0.15) is 22.7 Å². The van der Waals surface area contributed by atoms with E-state index >= 15 is 0 Å². The minimum atomic E-state index is -0.0742. The van der Waals surface area contributed by atoms with E-state index in [-0.39, 0.29) is 17.9 Å². The average molecular weight is 460 g/mol. The van der Waals surface area contributed by atoms with Crippen molar-refractivity contribution in [2.45, 2.75) is 33.2 Å².